The monoisotopic (exact) mass is 252 g/mol. The van der Waals surface area contributed by atoms with Gasteiger partial charge in [0.1, 0.15) is 0 Å². The molecule has 2 aromatic rings. The highest BCUT2D eigenvalue weighted by molar-refractivity contribution is 7.98. The number of thioether (sulfide) groups is 1. The van der Waals surface area contributed by atoms with Crippen molar-refractivity contribution in [2.45, 2.75) is 10.9 Å². The second-order valence-electron chi connectivity index (χ2n) is 3.02. The SMILES string of the molecule is Nc1nc(Cl)nc(SCc2ccccc2)n1. The molecule has 2 N–H and O–H groups in total. The highest BCUT2D eigenvalue weighted by Gasteiger charge is 2.03. The van der Waals surface area contributed by atoms with Crippen molar-refractivity contribution in [1.29, 1.82) is 0 Å². The molecule has 6 heteroatoms. The molecule has 0 unspecified atom stereocenters. The number of aromatic nitrogens is 3. The molecule has 0 aliphatic heterocycles. The van der Waals surface area contributed by atoms with E-state index in [1.807, 2.05) is 30.3 Å². The van der Waals surface area contributed by atoms with E-state index in [2.05, 4.69) is 15.0 Å². The van der Waals surface area contributed by atoms with E-state index >= 15 is 0 Å². The molecule has 4 nitrogen and oxygen atoms in total. The van der Waals surface area contributed by atoms with E-state index in [4.69, 9.17) is 17.3 Å². The van der Waals surface area contributed by atoms with Crippen molar-refractivity contribution < 1.29 is 0 Å². The van der Waals surface area contributed by atoms with Crippen LogP contribution in [0.2, 0.25) is 5.28 Å². The first kappa shape index (κ1) is 11.2. The van der Waals surface area contributed by atoms with Gasteiger partial charge < -0.3 is 5.73 Å². The number of rotatable bonds is 3. The Morgan fingerprint density at radius 1 is 1.12 bits per heavy atom. The summed E-state index contributed by atoms with van der Waals surface area (Å²) in [6, 6.07) is 10.0. The Morgan fingerprint density at radius 2 is 1.88 bits per heavy atom. The van der Waals surface area contributed by atoms with Crippen molar-refractivity contribution in [1.82, 2.24) is 15.0 Å². The van der Waals surface area contributed by atoms with Gasteiger partial charge in [0.2, 0.25) is 11.2 Å². The zero-order valence-electron chi connectivity index (χ0n) is 8.30. The molecule has 2 rings (SSSR count). The van der Waals surface area contributed by atoms with Crippen LogP contribution in [0.15, 0.2) is 35.5 Å². The lowest BCUT2D eigenvalue weighted by atomic mass is 10.2. The normalized spacial score (nSPS) is 10.3. The molecule has 0 aliphatic rings. The first-order valence-corrected chi connectivity index (χ1v) is 5.94. The third kappa shape index (κ3) is 3.08. The van der Waals surface area contributed by atoms with E-state index in [-0.39, 0.29) is 11.2 Å². The summed E-state index contributed by atoms with van der Waals surface area (Å²) in [7, 11) is 0. The molecule has 0 spiro atoms. The molecule has 0 aliphatic carbocycles. The van der Waals surface area contributed by atoms with Crippen LogP contribution in [0.25, 0.3) is 0 Å². The van der Waals surface area contributed by atoms with Gasteiger partial charge in [-0.15, -0.1) is 0 Å². The Labute approximate surface area is 102 Å². The molecule has 1 heterocycles. The Hall–Kier alpha value is -1.33. The van der Waals surface area contributed by atoms with Gasteiger partial charge in [-0.1, -0.05) is 42.1 Å². The van der Waals surface area contributed by atoms with E-state index < -0.39 is 0 Å². The Bertz CT molecular complexity index is 457. The van der Waals surface area contributed by atoms with Gasteiger partial charge in [0, 0.05) is 5.75 Å². The molecule has 16 heavy (non-hydrogen) atoms. The summed E-state index contributed by atoms with van der Waals surface area (Å²) in [4.78, 5) is 11.7. The predicted octanol–water partition coefficient (Wildman–Crippen LogP) is 2.40. The van der Waals surface area contributed by atoms with E-state index in [0.29, 0.717) is 5.16 Å². The standard InChI is InChI=1S/C10H9ClN4S/c11-8-13-9(12)15-10(14-8)16-6-7-4-2-1-3-5-7/h1-5H,6H2,(H2,12,13,14,15). The zero-order chi connectivity index (χ0) is 11.4. The van der Waals surface area contributed by atoms with Gasteiger partial charge in [-0.05, 0) is 17.2 Å². The van der Waals surface area contributed by atoms with Crippen LogP contribution in [0.4, 0.5) is 5.95 Å². The molecule has 0 amide bonds. The minimum Gasteiger partial charge on any atom is -0.368 e. The first-order valence-electron chi connectivity index (χ1n) is 4.58. The van der Waals surface area contributed by atoms with E-state index in [0.717, 1.165) is 5.75 Å². The smallest absolute Gasteiger partial charge is 0.228 e. The van der Waals surface area contributed by atoms with Crippen LogP contribution >= 0.6 is 23.4 Å². The number of halogens is 1. The maximum Gasteiger partial charge on any atom is 0.228 e. The molecule has 1 aromatic carbocycles. The third-order valence-corrected chi connectivity index (χ3v) is 2.90. The summed E-state index contributed by atoms with van der Waals surface area (Å²) in [6.45, 7) is 0. The highest BCUT2D eigenvalue weighted by Crippen LogP contribution is 2.20. The van der Waals surface area contributed by atoms with Gasteiger partial charge in [0.15, 0.2) is 5.16 Å². The van der Waals surface area contributed by atoms with Crippen LogP contribution in [0.5, 0.6) is 0 Å². The Kier molecular flexibility index (Phi) is 3.58. The second-order valence-corrected chi connectivity index (χ2v) is 4.30. The Balaban J connectivity index is 2.05. The average molecular weight is 253 g/mol. The first-order chi connectivity index (χ1) is 7.74. The number of hydrogen-bond donors (Lipinski definition) is 1. The largest absolute Gasteiger partial charge is 0.368 e. The van der Waals surface area contributed by atoms with Gasteiger partial charge in [0.25, 0.3) is 0 Å². The van der Waals surface area contributed by atoms with Gasteiger partial charge in [-0.3, -0.25) is 0 Å². The number of hydrogen-bond acceptors (Lipinski definition) is 5. The topological polar surface area (TPSA) is 64.7 Å². The maximum absolute atomic E-state index is 5.68. The van der Waals surface area contributed by atoms with Crippen LogP contribution in [0, 0.1) is 0 Å². The van der Waals surface area contributed by atoms with Gasteiger partial charge >= 0.3 is 0 Å². The van der Waals surface area contributed by atoms with Crippen LogP contribution < -0.4 is 5.73 Å². The maximum atomic E-state index is 5.68. The molecule has 0 radical (unpaired) electrons. The third-order valence-electron chi connectivity index (χ3n) is 1.82. The molecule has 0 saturated carbocycles. The molecular weight excluding hydrogens is 244 g/mol. The minimum absolute atomic E-state index is 0.128. The summed E-state index contributed by atoms with van der Waals surface area (Å²) in [5, 5.41) is 0.671. The van der Waals surface area contributed by atoms with Crippen molar-refractivity contribution in [2.75, 3.05) is 5.73 Å². The number of nitrogens with two attached hydrogens (primary N) is 1. The van der Waals surface area contributed by atoms with Crippen LogP contribution in [-0.2, 0) is 5.75 Å². The summed E-state index contributed by atoms with van der Waals surface area (Å²) in [5.41, 5.74) is 6.67. The lowest BCUT2D eigenvalue weighted by molar-refractivity contribution is 0.916. The summed E-state index contributed by atoms with van der Waals surface area (Å²) < 4.78 is 0. The molecule has 0 atom stereocenters. The second kappa shape index (κ2) is 5.14. The number of anilines is 1. The van der Waals surface area contributed by atoms with E-state index in [1.54, 1.807) is 0 Å². The van der Waals surface area contributed by atoms with Crippen LogP contribution in [0.3, 0.4) is 0 Å². The van der Waals surface area contributed by atoms with Crippen molar-refractivity contribution in [3.8, 4) is 0 Å². The van der Waals surface area contributed by atoms with Gasteiger partial charge in [-0.25, -0.2) is 0 Å². The van der Waals surface area contributed by atoms with Crippen LogP contribution in [0.1, 0.15) is 5.56 Å². The molecule has 0 bridgehead atoms. The molecule has 1 aromatic heterocycles. The number of benzene rings is 1. The van der Waals surface area contributed by atoms with E-state index in [9.17, 15) is 0 Å². The van der Waals surface area contributed by atoms with Crippen LogP contribution in [-0.4, -0.2) is 15.0 Å². The van der Waals surface area contributed by atoms with E-state index in [1.165, 1.54) is 17.3 Å². The summed E-state index contributed by atoms with van der Waals surface area (Å²) in [5.74, 6) is 0.927. The Morgan fingerprint density at radius 3 is 2.56 bits per heavy atom. The fraction of sp³-hybridized carbons (Fsp3) is 0.100. The highest BCUT2D eigenvalue weighted by atomic mass is 35.5. The van der Waals surface area contributed by atoms with Crippen molar-refractivity contribution >= 4 is 29.3 Å². The van der Waals surface area contributed by atoms with Crippen molar-refractivity contribution in [2.24, 2.45) is 0 Å². The number of nitrogens with zero attached hydrogens (tertiary/aromatic N) is 3. The lowest BCUT2D eigenvalue weighted by Crippen LogP contribution is -1.99. The molecule has 0 fully saturated rings. The number of nitrogen functional groups attached to an aromatic ring is 1. The summed E-state index contributed by atoms with van der Waals surface area (Å²) in [6.07, 6.45) is 0. The molecule has 82 valence electrons. The molecular formula is C10H9ClN4S. The average Bonchev–Trinajstić information content (AvgIpc) is 2.27. The quantitative estimate of drug-likeness (QED) is 0.850. The molecule has 0 saturated heterocycles. The summed E-state index contributed by atoms with van der Waals surface area (Å²) >= 11 is 7.15. The van der Waals surface area contributed by atoms with Gasteiger partial charge in [0.05, 0.1) is 0 Å². The van der Waals surface area contributed by atoms with Crippen molar-refractivity contribution in [3.05, 3.63) is 41.2 Å². The fourth-order valence-electron chi connectivity index (χ4n) is 1.13. The zero-order valence-corrected chi connectivity index (χ0v) is 9.87. The minimum atomic E-state index is 0.128. The lowest BCUT2D eigenvalue weighted by Gasteiger charge is -2.01. The predicted molar refractivity (Wildman–Crippen MR) is 65.3 cm³/mol. The van der Waals surface area contributed by atoms with Gasteiger partial charge in [-0.2, -0.15) is 15.0 Å². The fourth-order valence-corrected chi connectivity index (χ4v) is 2.15. The van der Waals surface area contributed by atoms with Crippen molar-refractivity contribution in [3.63, 3.8) is 0 Å².